The van der Waals surface area contributed by atoms with Crippen LogP contribution in [0, 0.1) is 16.0 Å². The van der Waals surface area contributed by atoms with Crippen LogP contribution >= 0.6 is 0 Å². The minimum Gasteiger partial charge on any atom is -0.351 e. The summed E-state index contributed by atoms with van der Waals surface area (Å²) in [4.78, 5) is 27.0. The van der Waals surface area contributed by atoms with E-state index in [2.05, 4.69) is 4.84 Å². The van der Waals surface area contributed by atoms with Gasteiger partial charge in [0.15, 0.2) is 0 Å². The Balaban J connectivity index is 2.36. The molecule has 0 aliphatic carbocycles. The van der Waals surface area contributed by atoms with Crippen molar-refractivity contribution in [2.24, 2.45) is 11.7 Å². The lowest BCUT2D eigenvalue weighted by atomic mass is 9.92. The van der Waals surface area contributed by atoms with E-state index in [1.807, 2.05) is 0 Å². The molecular weight excluding hydrogens is 202 g/mol. The fourth-order valence-corrected chi connectivity index (χ4v) is 1.81. The summed E-state index contributed by atoms with van der Waals surface area (Å²) in [7, 11) is 0. The monoisotopic (exact) mass is 217 g/mol. The topological polar surface area (TPSA) is 98.7 Å². The van der Waals surface area contributed by atoms with E-state index in [-0.39, 0.29) is 5.92 Å². The maximum atomic E-state index is 10.8. The standard InChI is InChI=1S/C8H15N3O4/c1-6(15-11(13)14)7-2-4-10(5-3-7)8(9)12/h6-7H,2-5H2,1H3,(H2,9,12). The van der Waals surface area contributed by atoms with E-state index in [0.717, 1.165) is 0 Å². The van der Waals surface area contributed by atoms with E-state index in [4.69, 9.17) is 5.73 Å². The fourth-order valence-electron chi connectivity index (χ4n) is 1.81. The van der Waals surface area contributed by atoms with E-state index in [1.165, 1.54) is 4.90 Å². The van der Waals surface area contributed by atoms with Crippen molar-refractivity contribution in [3.63, 3.8) is 0 Å². The van der Waals surface area contributed by atoms with E-state index >= 15 is 0 Å². The molecule has 1 saturated heterocycles. The largest absolute Gasteiger partial charge is 0.351 e. The smallest absolute Gasteiger partial charge is 0.314 e. The number of carbonyl (C=O) groups excluding carboxylic acids is 1. The van der Waals surface area contributed by atoms with Crippen LogP contribution in [0.1, 0.15) is 19.8 Å². The molecule has 1 atom stereocenters. The highest BCUT2D eigenvalue weighted by Crippen LogP contribution is 2.22. The van der Waals surface area contributed by atoms with Crippen LogP contribution in [0.3, 0.4) is 0 Å². The number of piperidine rings is 1. The number of hydrogen-bond acceptors (Lipinski definition) is 4. The summed E-state index contributed by atoms with van der Waals surface area (Å²) >= 11 is 0. The van der Waals surface area contributed by atoms with Crippen LogP contribution in [-0.4, -0.2) is 35.2 Å². The second kappa shape index (κ2) is 4.81. The summed E-state index contributed by atoms with van der Waals surface area (Å²) in [5, 5.41) is 9.35. The van der Waals surface area contributed by atoms with Gasteiger partial charge in [-0.3, -0.25) is 0 Å². The zero-order valence-electron chi connectivity index (χ0n) is 8.59. The molecule has 1 heterocycles. The summed E-state index contributed by atoms with van der Waals surface area (Å²) in [6, 6.07) is -0.434. The molecule has 1 fully saturated rings. The molecule has 0 aromatic heterocycles. The number of nitrogens with two attached hydrogens (primary N) is 1. The summed E-state index contributed by atoms with van der Waals surface area (Å²) in [6.45, 7) is 2.77. The molecular formula is C8H15N3O4. The van der Waals surface area contributed by atoms with Gasteiger partial charge in [0.2, 0.25) is 0 Å². The van der Waals surface area contributed by atoms with Gasteiger partial charge < -0.3 is 15.5 Å². The minimum atomic E-state index is -0.773. The van der Waals surface area contributed by atoms with E-state index in [1.54, 1.807) is 6.92 Å². The summed E-state index contributed by atoms with van der Waals surface area (Å²) in [6.07, 6.45) is 0.964. The van der Waals surface area contributed by atoms with Crippen molar-refractivity contribution in [3.8, 4) is 0 Å². The average Bonchev–Trinajstić information content (AvgIpc) is 2.17. The number of primary amides is 1. The van der Waals surface area contributed by atoms with Crippen molar-refractivity contribution >= 4 is 6.03 Å². The van der Waals surface area contributed by atoms with Gasteiger partial charge in [-0.1, -0.05) is 0 Å². The van der Waals surface area contributed by atoms with Gasteiger partial charge in [0.05, 0.1) is 0 Å². The zero-order chi connectivity index (χ0) is 11.4. The predicted molar refractivity (Wildman–Crippen MR) is 51.4 cm³/mol. The molecule has 86 valence electrons. The van der Waals surface area contributed by atoms with Crippen molar-refractivity contribution in [2.75, 3.05) is 13.1 Å². The quantitative estimate of drug-likeness (QED) is 0.545. The van der Waals surface area contributed by atoms with Crippen molar-refractivity contribution in [3.05, 3.63) is 10.1 Å². The Hall–Kier alpha value is -1.53. The Morgan fingerprint density at radius 1 is 1.60 bits per heavy atom. The van der Waals surface area contributed by atoms with E-state index < -0.39 is 17.2 Å². The van der Waals surface area contributed by atoms with Crippen LogP contribution in [0.25, 0.3) is 0 Å². The summed E-state index contributed by atoms with van der Waals surface area (Å²) < 4.78 is 0. The molecule has 1 unspecified atom stereocenters. The average molecular weight is 217 g/mol. The normalized spacial score (nSPS) is 19.7. The minimum absolute atomic E-state index is 0.117. The highest BCUT2D eigenvalue weighted by atomic mass is 17.0. The van der Waals surface area contributed by atoms with Crippen LogP contribution in [0.2, 0.25) is 0 Å². The Labute approximate surface area is 87.3 Å². The molecule has 0 radical (unpaired) electrons. The van der Waals surface area contributed by atoms with Crippen molar-refractivity contribution in [1.29, 1.82) is 0 Å². The molecule has 0 aromatic carbocycles. The van der Waals surface area contributed by atoms with Crippen molar-refractivity contribution in [2.45, 2.75) is 25.9 Å². The van der Waals surface area contributed by atoms with Gasteiger partial charge in [0.25, 0.3) is 5.09 Å². The number of urea groups is 1. The summed E-state index contributed by atoms with van der Waals surface area (Å²) in [5.74, 6) is 0.117. The number of hydrogen-bond donors (Lipinski definition) is 1. The Bertz CT molecular complexity index is 250. The van der Waals surface area contributed by atoms with Crippen LogP contribution in [0.4, 0.5) is 4.79 Å². The third-order valence-corrected chi connectivity index (χ3v) is 2.77. The molecule has 2 amide bonds. The van der Waals surface area contributed by atoms with Crippen LogP contribution in [0.5, 0.6) is 0 Å². The van der Waals surface area contributed by atoms with Gasteiger partial charge in [-0.05, 0) is 25.7 Å². The highest BCUT2D eigenvalue weighted by molar-refractivity contribution is 5.72. The van der Waals surface area contributed by atoms with Gasteiger partial charge in [-0.2, -0.15) is 0 Å². The van der Waals surface area contributed by atoms with Gasteiger partial charge in [-0.25, -0.2) is 4.79 Å². The molecule has 7 heteroatoms. The number of nitrogens with zero attached hydrogens (tertiary/aromatic N) is 2. The van der Waals surface area contributed by atoms with Gasteiger partial charge in [0.1, 0.15) is 6.10 Å². The molecule has 7 nitrogen and oxygen atoms in total. The Kier molecular flexibility index (Phi) is 3.70. The number of rotatable bonds is 3. The number of likely N-dealkylation sites (tertiary alicyclic amines) is 1. The Morgan fingerprint density at radius 2 is 2.13 bits per heavy atom. The molecule has 0 saturated carbocycles. The van der Waals surface area contributed by atoms with Gasteiger partial charge in [-0.15, -0.1) is 10.1 Å². The lowest BCUT2D eigenvalue weighted by Gasteiger charge is -2.32. The van der Waals surface area contributed by atoms with Crippen LogP contribution in [-0.2, 0) is 4.84 Å². The summed E-state index contributed by atoms with van der Waals surface area (Å²) in [5.41, 5.74) is 5.12. The number of amides is 2. The second-order valence-corrected chi connectivity index (χ2v) is 3.70. The van der Waals surface area contributed by atoms with E-state index in [9.17, 15) is 14.9 Å². The molecule has 0 bridgehead atoms. The second-order valence-electron chi connectivity index (χ2n) is 3.70. The van der Waals surface area contributed by atoms with Gasteiger partial charge in [0, 0.05) is 13.1 Å². The molecule has 1 rings (SSSR count). The molecule has 2 N–H and O–H groups in total. The zero-order valence-corrected chi connectivity index (χ0v) is 8.59. The first kappa shape index (κ1) is 11.5. The first-order valence-electron chi connectivity index (χ1n) is 4.86. The molecule has 15 heavy (non-hydrogen) atoms. The SMILES string of the molecule is CC(O[N+](=O)[O-])C1CCN(C(N)=O)CC1. The third-order valence-electron chi connectivity index (χ3n) is 2.77. The lowest BCUT2D eigenvalue weighted by Crippen LogP contribution is -2.43. The highest BCUT2D eigenvalue weighted by Gasteiger charge is 2.27. The predicted octanol–water partition coefficient (Wildman–Crippen LogP) is 0.374. The van der Waals surface area contributed by atoms with Crippen molar-refractivity contribution < 1.29 is 14.7 Å². The first-order chi connectivity index (χ1) is 7.00. The third kappa shape index (κ3) is 3.26. The first-order valence-corrected chi connectivity index (χ1v) is 4.86. The molecule has 1 aliphatic heterocycles. The van der Waals surface area contributed by atoms with Gasteiger partial charge >= 0.3 is 6.03 Å². The number of carbonyl (C=O) groups is 1. The molecule has 0 spiro atoms. The maximum Gasteiger partial charge on any atom is 0.314 e. The molecule has 1 aliphatic rings. The molecule has 0 aromatic rings. The van der Waals surface area contributed by atoms with E-state index in [0.29, 0.717) is 25.9 Å². The van der Waals surface area contributed by atoms with Crippen molar-refractivity contribution in [1.82, 2.24) is 4.90 Å². The fraction of sp³-hybridized carbons (Fsp3) is 0.875. The van der Waals surface area contributed by atoms with Crippen LogP contribution < -0.4 is 5.73 Å². The maximum absolute atomic E-state index is 10.8. The lowest BCUT2D eigenvalue weighted by molar-refractivity contribution is -0.769. The Morgan fingerprint density at radius 3 is 2.53 bits per heavy atom. The van der Waals surface area contributed by atoms with Crippen LogP contribution in [0.15, 0.2) is 0 Å².